The normalized spacial score (nSPS) is 11.5. The molecular formula is C45H35IrN3-2. The molecule has 0 bridgehead atoms. The molecule has 3 nitrogen and oxygen atoms in total. The van der Waals surface area contributed by atoms with Crippen molar-refractivity contribution < 1.29 is 20.1 Å². The van der Waals surface area contributed by atoms with E-state index in [0.717, 1.165) is 28.1 Å². The van der Waals surface area contributed by atoms with E-state index in [-0.39, 0.29) is 25.5 Å². The van der Waals surface area contributed by atoms with Gasteiger partial charge >= 0.3 is 0 Å². The molecule has 9 rings (SSSR count). The van der Waals surface area contributed by atoms with Crippen LogP contribution >= 0.6 is 0 Å². The first-order valence-electron chi connectivity index (χ1n) is 16.4. The number of hydrogen-bond donors (Lipinski definition) is 0. The zero-order valence-corrected chi connectivity index (χ0v) is 30.3. The first-order chi connectivity index (χ1) is 23.3. The maximum absolute atomic E-state index is 4.81. The molecule has 0 saturated heterocycles. The second-order valence-corrected chi connectivity index (χ2v) is 13.5. The van der Waals surface area contributed by atoms with Crippen LogP contribution in [0.3, 0.4) is 0 Å². The fourth-order valence-electron chi connectivity index (χ4n) is 6.55. The number of rotatable bonds is 3. The van der Waals surface area contributed by atoms with E-state index in [2.05, 4.69) is 133 Å². The third kappa shape index (κ3) is 6.03. The third-order valence-electron chi connectivity index (χ3n) is 9.14. The van der Waals surface area contributed by atoms with Crippen LogP contribution in [0.1, 0.15) is 31.9 Å². The summed E-state index contributed by atoms with van der Waals surface area (Å²) in [5.74, 6) is 0. The van der Waals surface area contributed by atoms with E-state index in [9.17, 15) is 0 Å². The molecule has 0 atom stereocenters. The number of hydrogen-bond acceptors (Lipinski definition) is 2. The fourth-order valence-corrected chi connectivity index (χ4v) is 6.55. The van der Waals surface area contributed by atoms with E-state index in [1.54, 1.807) is 0 Å². The Morgan fingerprint density at radius 3 is 1.96 bits per heavy atom. The van der Waals surface area contributed by atoms with Crippen LogP contribution in [-0.4, -0.2) is 14.4 Å². The maximum atomic E-state index is 4.81. The van der Waals surface area contributed by atoms with E-state index in [1.165, 1.54) is 54.8 Å². The fraction of sp³-hybridized carbons (Fsp3) is 0.111. The van der Waals surface area contributed by atoms with Gasteiger partial charge < -0.3 is 14.4 Å². The quantitative estimate of drug-likeness (QED) is 0.166. The molecule has 4 heteroatoms. The third-order valence-corrected chi connectivity index (χ3v) is 9.14. The predicted molar refractivity (Wildman–Crippen MR) is 201 cm³/mol. The molecule has 0 aliphatic rings. The van der Waals surface area contributed by atoms with Crippen LogP contribution in [0.5, 0.6) is 0 Å². The smallest absolute Gasteiger partial charge is 0.0516 e. The summed E-state index contributed by atoms with van der Waals surface area (Å²) in [5, 5.41) is 5.19. The van der Waals surface area contributed by atoms with Gasteiger partial charge in [0.15, 0.2) is 0 Å². The second kappa shape index (κ2) is 13.0. The van der Waals surface area contributed by atoms with Gasteiger partial charge in [-0.1, -0.05) is 105 Å². The van der Waals surface area contributed by atoms with Crippen molar-refractivity contribution in [3.8, 4) is 33.6 Å². The van der Waals surface area contributed by atoms with E-state index in [1.807, 2.05) is 55.7 Å². The van der Waals surface area contributed by atoms with Crippen molar-refractivity contribution in [1.29, 1.82) is 0 Å². The average Bonchev–Trinajstić information content (AvgIpc) is 3.64. The van der Waals surface area contributed by atoms with E-state index >= 15 is 0 Å². The summed E-state index contributed by atoms with van der Waals surface area (Å²) in [7, 11) is 0. The second-order valence-electron chi connectivity index (χ2n) is 13.5. The molecule has 0 aliphatic carbocycles. The molecule has 5 aromatic carbocycles. The minimum Gasteiger partial charge on any atom is -0.350 e. The van der Waals surface area contributed by atoms with Gasteiger partial charge in [-0.15, -0.1) is 59.7 Å². The maximum Gasteiger partial charge on any atom is 0.0516 e. The van der Waals surface area contributed by atoms with E-state index in [0.29, 0.717) is 0 Å². The van der Waals surface area contributed by atoms with Gasteiger partial charge in [-0.25, -0.2) is 0 Å². The molecule has 0 amide bonds. The van der Waals surface area contributed by atoms with Gasteiger partial charge in [0.2, 0.25) is 0 Å². The van der Waals surface area contributed by atoms with E-state index in [4.69, 9.17) is 4.98 Å². The monoisotopic (exact) mass is 810 g/mol. The van der Waals surface area contributed by atoms with Crippen LogP contribution in [0.25, 0.3) is 71.7 Å². The Balaban J connectivity index is 0.000000228. The molecule has 0 N–H and O–H groups in total. The summed E-state index contributed by atoms with van der Waals surface area (Å²) in [4.78, 5) is 9.12. The number of para-hydroxylation sites is 1. The molecule has 49 heavy (non-hydrogen) atoms. The van der Waals surface area contributed by atoms with Crippen molar-refractivity contribution in [3.05, 3.63) is 163 Å². The molecule has 0 saturated carbocycles. The van der Waals surface area contributed by atoms with Gasteiger partial charge in [0.25, 0.3) is 0 Å². The zero-order valence-electron chi connectivity index (χ0n) is 28.0. The number of fused-ring (bicyclic) bond motifs is 6. The molecule has 0 spiro atoms. The molecule has 0 aliphatic heterocycles. The molecular weight excluding hydrogens is 775 g/mol. The van der Waals surface area contributed by atoms with Crippen LogP contribution < -0.4 is 0 Å². The summed E-state index contributed by atoms with van der Waals surface area (Å²) in [6.07, 6.45) is 3.83. The van der Waals surface area contributed by atoms with Crippen molar-refractivity contribution in [3.63, 3.8) is 0 Å². The molecule has 0 fully saturated rings. The largest absolute Gasteiger partial charge is 0.350 e. The first kappa shape index (κ1) is 32.4. The Bertz CT molecular complexity index is 2510. The Hall–Kier alpha value is -5.15. The van der Waals surface area contributed by atoms with Crippen LogP contribution in [-0.2, 0) is 25.5 Å². The van der Waals surface area contributed by atoms with Crippen LogP contribution in [0.4, 0.5) is 0 Å². The average molecular weight is 810 g/mol. The SMILES string of the molecule is CC(C)(C)c1cc2c3cc(-c4ccc(-c5ccccc5)cn4)[c-]cc3n3c4ccccc4c(c1)c23.Cc1ccc(-c2[c-]cccc2)nc1.[Ir]. The molecule has 241 valence electrons. The number of aromatic nitrogens is 3. The van der Waals surface area contributed by atoms with E-state index < -0.39 is 0 Å². The van der Waals surface area contributed by atoms with Crippen molar-refractivity contribution in [2.75, 3.05) is 0 Å². The number of pyridine rings is 2. The first-order valence-corrected chi connectivity index (χ1v) is 16.4. The Morgan fingerprint density at radius 1 is 0.571 bits per heavy atom. The topological polar surface area (TPSA) is 30.2 Å². The predicted octanol–water partition coefficient (Wildman–Crippen LogP) is 11.5. The van der Waals surface area contributed by atoms with Gasteiger partial charge in [-0.3, -0.25) is 0 Å². The minimum atomic E-state index is 0. The Morgan fingerprint density at radius 2 is 1.27 bits per heavy atom. The summed E-state index contributed by atoms with van der Waals surface area (Å²) < 4.78 is 2.41. The van der Waals surface area contributed by atoms with Gasteiger partial charge in [-0.05, 0) is 69.0 Å². The molecule has 4 aromatic heterocycles. The number of nitrogens with zero attached hydrogens (tertiary/aromatic N) is 3. The summed E-state index contributed by atoms with van der Waals surface area (Å²) in [6, 6.07) is 51.2. The summed E-state index contributed by atoms with van der Waals surface area (Å²) >= 11 is 0. The van der Waals surface area contributed by atoms with Crippen molar-refractivity contribution >= 4 is 38.1 Å². The van der Waals surface area contributed by atoms with Crippen LogP contribution in [0, 0.1) is 19.1 Å². The Labute approximate surface area is 301 Å². The molecule has 9 aromatic rings. The van der Waals surface area contributed by atoms with Crippen LogP contribution in [0.2, 0.25) is 0 Å². The summed E-state index contributed by atoms with van der Waals surface area (Å²) in [6.45, 7) is 8.90. The minimum absolute atomic E-state index is 0. The van der Waals surface area contributed by atoms with Gasteiger partial charge in [0, 0.05) is 48.8 Å². The van der Waals surface area contributed by atoms with Crippen molar-refractivity contribution in [1.82, 2.24) is 14.4 Å². The van der Waals surface area contributed by atoms with Crippen molar-refractivity contribution in [2.45, 2.75) is 33.1 Å². The number of benzene rings is 5. The van der Waals surface area contributed by atoms with Crippen LogP contribution in [0.15, 0.2) is 140 Å². The van der Waals surface area contributed by atoms with Gasteiger partial charge in [0.1, 0.15) is 0 Å². The molecule has 0 unspecified atom stereocenters. The number of aryl methyl sites for hydroxylation is 1. The Kier molecular flexibility index (Phi) is 8.62. The van der Waals surface area contributed by atoms with Gasteiger partial charge in [-0.2, -0.15) is 0 Å². The van der Waals surface area contributed by atoms with Crippen molar-refractivity contribution in [2.24, 2.45) is 0 Å². The standard InChI is InChI=1S/C33H25N2.C12H10N.Ir/c1-33(2,3)24-18-27-25-11-7-8-12-30(25)35-31-16-14-22(17-26(31)28(19-24)32(27)35)29-15-13-23(20-34-29)21-9-5-4-6-10-21;1-10-7-8-12(13-9-10)11-5-3-2-4-6-11;/h4-13,15-20H,1-3H3;2-5,7-9H,1H3;/q2*-1;. The molecule has 1 radical (unpaired) electrons. The van der Waals surface area contributed by atoms with Gasteiger partial charge in [0.05, 0.1) is 5.52 Å². The summed E-state index contributed by atoms with van der Waals surface area (Å²) in [5.41, 5.74) is 12.6. The molecule has 4 heterocycles. The zero-order chi connectivity index (χ0) is 32.8.